The van der Waals surface area contributed by atoms with Crippen LogP contribution in [-0.2, 0) is 19.7 Å². The van der Waals surface area contributed by atoms with Gasteiger partial charge in [0.25, 0.3) is 0 Å². The molecular formula is C21H28O5. The lowest BCUT2D eigenvalue weighted by atomic mass is 9.57. The molecule has 1 aromatic rings. The molecule has 0 amide bonds. The topological polar surface area (TPSA) is 83.8 Å². The van der Waals surface area contributed by atoms with Crippen molar-refractivity contribution in [3.8, 4) is 11.5 Å². The largest absolute Gasteiger partial charge is 0.508 e. The lowest BCUT2D eigenvalue weighted by molar-refractivity contribution is -0.145. The van der Waals surface area contributed by atoms with E-state index in [9.17, 15) is 19.8 Å². The Labute approximate surface area is 154 Å². The minimum atomic E-state index is -0.581. The number of ether oxygens (including phenoxy) is 1. The van der Waals surface area contributed by atoms with Crippen LogP contribution in [0.3, 0.4) is 0 Å². The molecule has 1 atom stereocenters. The van der Waals surface area contributed by atoms with Gasteiger partial charge < -0.3 is 14.9 Å². The Bertz CT molecular complexity index is 692. The van der Waals surface area contributed by atoms with E-state index in [1.165, 1.54) is 0 Å². The van der Waals surface area contributed by atoms with Crippen LogP contribution in [0.4, 0.5) is 0 Å². The van der Waals surface area contributed by atoms with E-state index < -0.39 is 5.41 Å². The fraction of sp³-hybridized carbons (Fsp3) is 0.619. The molecule has 0 heterocycles. The second-order valence-corrected chi connectivity index (χ2v) is 8.41. The predicted octanol–water partition coefficient (Wildman–Crippen LogP) is 3.80. The van der Waals surface area contributed by atoms with E-state index >= 15 is 0 Å². The van der Waals surface area contributed by atoms with Gasteiger partial charge in [0.15, 0.2) is 0 Å². The SMILES string of the molecule is CCCOC(=O)CC(C)(C)c1cc(O)c([C@@H]2CC(=O)C3CC2C3)c(O)c1. The van der Waals surface area contributed by atoms with Crippen LogP contribution in [0.25, 0.3) is 0 Å². The van der Waals surface area contributed by atoms with Crippen LogP contribution in [0.5, 0.6) is 11.5 Å². The van der Waals surface area contributed by atoms with Crippen molar-refractivity contribution < 1.29 is 24.5 Å². The summed E-state index contributed by atoms with van der Waals surface area (Å²) in [5.41, 5.74) is 0.579. The normalized spacial score (nSPS) is 24.9. The van der Waals surface area contributed by atoms with E-state index in [1.807, 2.05) is 20.8 Å². The highest BCUT2D eigenvalue weighted by Crippen LogP contribution is 2.55. The van der Waals surface area contributed by atoms with E-state index in [2.05, 4.69) is 0 Å². The van der Waals surface area contributed by atoms with Crippen molar-refractivity contribution >= 4 is 11.8 Å². The number of aromatic hydroxyl groups is 2. The molecule has 3 fully saturated rings. The van der Waals surface area contributed by atoms with Gasteiger partial charge in [0.05, 0.1) is 13.0 Å². The molecular weight excluding hydrogens is 332 g/mol. The number of hydrogen-bond donors (Lipinski definition) is 2. The Balaban J connectivity index is 1.82. The van der Waals surface area contributed by atoms with Gasteiger partial charge in [0, 0.05) is 29.2 Å². The zero-order valence-electron chi connectivity index (χ0n) is 15.7. The number of ketones is 1. The molecule has 0 saturated heterocycles. The molecule has 5 nitrogen and oxygen atoms in total. The summed E-state index contributed by atoms with van der Waals surface area (Å²) in [6, 6.07) is 3.24. The lowest BCUT2D eigenvalue weighted by Gasteiger charge is -2.45. The minimum absolute atomic E-state index is 0.0122. The highest BCUT2D eigenvalue weighted by atomic mass is 16.5. The highest BCUT2D eigenvalue weighted by Gasteiger charge is 2.47. The first-order chi connectivity index (χ1) is 12.2. The monoisotopic (exact) mass is 360 g/mol. The average Bonchev–Trinajstić information content (AvgIpc) is 2.50. The maximum Gasteiger partial charge on any atom is 0.306 e. The van der Waals surface area contributed by atoms with Gasteiger partial charge in [-0.1, -0.05) is 20.8 Å². The van der Waals surface area contributed by atoms with Crippen LogP contribution in [0.1, 0.15) is 69.9 Å². The third-order valence-electron chi connectivity index (χ3n) is 5.96. The fourth-order valence-corrected chi connectivity index (χ4v) is 4.26. The highest BCUT2D eigenvalue weighted by molar-refractivity contribution is 5.85. The minimum Gasteiger partial charge on any atom is -0.508 e. The summed E-state index contributed by atoms with van der Waals surface area (Å²) < 4.78 is 5.16. The smallest absolute Gasteiger partial charge is 0.306 e. The number of Topliss-reactive ketones (excluding diaryl/α,β-unsaturated/α-hetero) is 1. The second kappa shape index (κ2) is 6.93. The van der Waals surface area contributed by atoms with Gasteiger partial charge in [0.1, 0.15) is 17.3 Å². The molecule has 0 unspecified atom stereocenters. The number of rotatable bonds is 6. The molecule has 0 spiro atoms. The van der Waals surface area contributed by atoms with E-state index in [0.717, 1.165) is 19.3 Å². The summed E-state index contributed by atoms with van der Waals surface area (Å²) in [6.45, 7) is 6.10. The van der Waals surface area contributed by atoms with Crippen LogP contribution in [-0.4, -0.2) is 28.6 Å². The van der Waals surface area contributed by atoms with Crippen molar-refractivity contribution in [1.29, 1.82) is 0 Å². The number of phenolic OH excluding ortho intramolecular Hbond substituents is 2. The lowest BCUT2D eigenvalue weighted by Crippen LogP contribution is -2.41. The van der Waals surface area contributed by atoms with Gasteiger partial charge in [-0.15, -0.1) is 0 Å². The number of carbonyl (C=O) groups excluding carboxylic acids is 2. The Kier molecular flexibility index (Phi) is 5.00. The van der Waals surface area contributed by atoms with E-state index in [0.29, 0.717) is 30.1 Å². The summed E-state index contributed by atoms with van der Waals surface area (Å²) in [4.78, 5) is 24.0. The van der Waals surface area contributed by atoms with Crippen molar-refractivity contribution in [1.82, 2.24) is 0 Å². The number of esters is 1. The number of fused-ring (bicyclic) bond motifs is 2. The molecule has 5 heteroatoms. The third-order valence-corrected chi connectivity index (χ3v) is 5.96. The standard InChI is InChI=1S/C21H28O5/c1-4-5-26-19(25)11-21(2,3)14-8-17(23)20(18(24)9-14)15-10-16(22)13-6-12(15)7-13/h8-9,12-13,15,23-24H,4-7,10-11H2,1-3H3/t12?,13?,15-/m1/s1. The predicted molar refractivity (Wildman–Crippen MR) is 97.2 cm³/mol. The fourth-order valence-electron chi connectivity index (χ4n) is 4.26. The number of phenols is 2. The molecule has 26 heavy (non-hydrogen) atoms. The first-order valence-corrected chi connectivity index (χ1v) is 9.47. The Morgan fingerprint density at radius 3 is 2.38 bits per heavy atom. The molecule has 142 valence electrons. The Morgan fingerprint density at radius 1 is 1.23 bits per heavy atom. The third kappa shape index (κ3) is 3.44. The summed E-state index contributed by atoms with van der Waals surface area (Å²) in [7, 11) is 0. The molecule has 0 radical (unpaired) electrons. The molecule has 0 aromatic heterocycles. The molecule has 3 saturated carbocycles. The zero-order chi connectivity index (χ0) is 19.1. The molecule has 0 aliphatic heterocycles. The van der Waals surface area contributed by atoms with Gasteiger partial charge in [-0.2, -0.15) is 0 Å². The molecule has 1 aromatic carbocycles. The van der Waals surface area contributed by atoms with Gasteiger partial charge in [0.2, 0.25) is 0 Å². The first kappa shape index (κ1) is 18.7. The molecule has 4 rings (SSSR count). The summed E-state index contributed by atoms with van der Waals surface area (Å²) in [5.74, 6) is 0.401. The van der Waals surface area contributed by atoms with Crippen molar-refractivity contribution in [2.75, 3.05) is 6.61 Å². The van der Waals surface area contributed by atoms with Crippen LogP contribution < -0.4 is 0 Å². The summed E-state index contributed by atoms with van der Waals surface area (Å²) in [5, 5.41) is 21.2. The zero-order valence-corrected chi connectivity index (χ0v) is 15.7. The molecule has 3 aliphatic carbocycles. The Hall–Kier alpha value is -2.04. The summed E-state index contributed by atoms with van der Waals surface area (Å²) >= 11 is 0. The van der Waals surface area contributed by atoms with E-state index in [1.54, 1.807) is 12.1 Å². The first-order valence-electron chi connectivity index (χ1n) is 9.47. The van der Waals surface area contributed by atoms with Gasteiger partial charge >= 0.3 is 5.97 Å². The van der Waals surface area contributed by atoms with Crippen LogP contribution in [0.2, 0.25) is 0 Å². The number of hydrogen-bond acceptors (Lipinski definition) is 5. The maximum absolute atomic E-state index is 12.1. The van der Waals surface area contributed by atoms with Crippen molar-refractivity contribution in [2.45, 2.75) is 64.2 Å². The quantitative estimate of drug-likeness (QED) is 0.754. The van der Waals surface area contributed by atoms with Crippen molar-refractivity contribution in [2.24, 2.45) is 11.8 Å². The van der Waals surface area contributed by atoms with Crippen molar-refractivity contribution in [3.05, 3.63) is 23.3 Å². The Morgan fingerprint density at radius 2 is 1.85 bits per heavy atom. The van der Waals surface area contributed by atoms with Gasteiger partial charge in [-0.3, -0.25) is 9.59 Å². The number of benzene rings is 1. The molecule has 2 N–H and O–H groups in total. The maximum atomic E-state index is 12.1. The molecule has 3 aliphatic rings. The van der Waals surface area contributed by atoms with Crippen LogP contribution in [0, 0.1) is 11.8 Å². The average molecular weight is 360 g/mol. The van der Waals surface area contributed by atoms with Crippen LogP contribution in [0.15, 0.2) is 12.1 Å². The van der Waals surface area contributed by atoms with Gasteiger partial charge in [-0.05, 0) is 42.9 Å². The summed E-state index contributed by atoms with van der Waals surface area (Å²) in [6.07, 6.45) is 3.04. The second-order valence-electron chi connectivity index (χ2n) is 8.41. The van der Waals surface area contributed by atoms with Gasteiger partial charge in [-0.25, -0.2) is 0 Å². The number of carbonyl (C=O) groups is 2. The molecule has 2 bridgehead atoms. The van der Waals surface area contributed by atoms with Crippen LogP contribution >= 0.6 is 0 Å². The van der Waals surface area contributed by atoms with E-state index in [4.69, 9.17) is 4.74 Å². The van der Waals surface area contributed by atoms with Crippen molar-refractivity contribution in [3.63, 3.8) is 0 Å². The van der Waals surface area contributed by atoms with E-state index in [-0.39, 0.29) is 41.5 Å².